The predicted molar refractivity (Wildman–Crippen MR) is 85.6 cm³/mol. The van der Waals surface area contributed by atoms with Crippen LogP contribution in [0.5, 0.6) is 0 Å². The highest BCUT2D eigenvalue weighted by molar-refractivity contribution is 7.89. The van der Waals surface area contributed by atoms with E-state index in [4.69, 9.17) is 0 Å². The number of sulfonamides is 1. The molecule has 1 fully saturated rings. The van der Waals surface area contributed by atoms with E-state index in [9.17, 15) is 8.42 Å². The zero-order valence-electron chi connectivity index (χ0n) is 13.2. The third-order valence-electron chi connectivity index (χ3n) is 4.19. The summed E-state index contributed by atoms with van der Waals surface area (Å²) in [6.07, 6.45) is 1.89. The van der Waals surface area contributed by atoms with E-state index in [1.165, 1.54) is 0 Å². The largest absolute Gasteiger partial charge is 0.313 e. The number of hydrogen-bond donors (Lipinski definition) is 1. The molecular formula is C16H26N2O2S. The third kappa shape index (κ3) is 3.84. The van der Waals surface area contributed by atoms with E-state index in [0.29, 0.717) is 17.4 Å². The van der Waals surface area contributed by atoms with Crippen LogP contribution in [0.1, 0.15) is 39.2 Å². The summed E-state index contributed by atoms with van der Waals surface area (Å²) in [5.74, 6) is 0.606. The Morgan fingerprint density at radius 2 is 1.90 bits per heavy atom. The Balaban J connectivity index is 2.15. The molecule has 0 bridgehead atoms. The number of benzene rings is 1. The van der Waals surface area contributed by atoms with Gasteiger partial charge in [0.2, 0.25) is 10.0 Å². The molecule has 1 aliphatic heterocycles. The van der Waals surface area contributed by atoms with Crippen molar-refractivity contribution in [1.29, 1.82) is 0 Å². The van der Waals surface area contributed by atoms with Gasteiger partial charge in [-0.05, 0) is 49.9 Å². The van der Waals surface area contributed by atoms with Crippen LogP contribution in [0.4, 0.5) is 0 Å². The van der Waals surface area contributed by atoms with Crippen LogP contribution in [0.3, 0.4) is 0 Å². The molecule has 0 saturated carbocycles. The zero-order valence-corrected chi connectivity index (χ0v) is 14.0. The van der Waals surface area contributed by atoms with E-state index in [1.54, 1.807) is 16.4 Å². The van der Waals surface area contributed by atoms with E-state index in [0.717, 1.165) is 31.5 Å². The maximum Gasteiger partial charge on any atom is 0.243 e. The fraction of sp³-hybridized carbons (Fsp3) is 0.625. The van der Waals surface area contributed by atoms with Crippen molar-refractivity contribution in [3.63, 3.8) is 0 Å². The van der Waals surface area contributed by atoms with Crippen LogP contribution < -0.4 is 5.32 Å². The highest BCUT2D eigenvalue weighted by Gasteiger charge is 2.32. The Labute approximate surface area is 128 Å². The van der Waals surface area contributed by atoms with Gasteiger partial charge in [-0.2, -0.15) is 4.31 Å². The number of hydrogen-bond acceptors (Lipinski definition) is 3. The van der Waals surface area contributed by atoms with Gasteiger partial charge >= 0.3 is 0 Å². The van der Waals surface area contributed by atoms with Crippen LogP contribution in [-0.4, -0.2) is 31.9 Å². The van der Waals surface area contributed by atoms with Gasteiger partial charge in [0.1, 0.15) is 0 Å². The lowest BCUT2D eigenvalue weighted by atomic mass is 9.95. The summed E-state index contributed by atoms with van der Waals surface area (Å²) in [5, 5.41) is 3.24. The van der Waals surface area contributed by atoms with E-state index < -0.39 is 10.0 Å². The summed E-state index contributed by atoms with van der Waals surface area (Å²) < 4.78 is 27.1. The highest BCUT2D eigenvalue weighted by atomic mass is 32.2. The van der Waals surface area contributed by atoms with Crippen molar-refractivity contribution in [3.8, 4) is 0 Å². The summed E-state index contributed by atoms with van der Waals surface area (Å²) in [6.45, 7) is 8.56. The third-order valence-corrected chi connectivity index (χ3v) is 6.21. The second-order valence-corrected chi connectivity index (χ2v) is 7.91. The molecule has 1 aromatic rings. The summed E-state index contributed by atoms with van der Waals surface area (Å²) in [4.78, 5) is 0.407. The number of piperidine rings is 1. The quantitative estimate of drug-likeness (QED) is 0.909. The van der Waals surface area contributed by atoms with Crippen molar-refractivity contribution >= 4 is 10.0 Å². The standard InChI is InChI=1S/C16H26N2O2S/c1-4-17-12-15-5-7-16(8-6-15)21(19,20)18-10-9-13(2)11-14(18)3/h5-8,13-14,17H,4,9-12H2,1-3H3. The smallest absolute Gasteiger partial charge is 0.243 e. The molecule has 4 nitrogen and oxygen atoms in total. The van der Waals surface area contributed by atoms with Crippen molar-refractivity contribution in [2.24, 2.45) is 5.92 Å². The first-order valence-corrected chi connectivity index (χ1v) is 9.20. The monoisotopic (exact) mass is 310 g/mol. The maximum atomic E-state index is 12.7. The minimum absolute atomic E-state index is 0.0835. The van der Waals surface area contributed by atoms with Crippen LogP contribution in [0.25, 0.3) is 0 Å². The molecule has 21 heavy (non-hydrogen) atoms. The summed E-state index contributed by atoms with van der Waals surface area (Å²) in [7, 11) is -3.36. The van der Waals surface area contributed by atoms with Gasteiger partial charge in [0.05, 0.1) is 4.90 Å². The van der Waals surface area contributed by atoms with Crippen molar-refractivity contribution in [2.75, 3.05) is 13.1 Å². The van der Waals surface area contributed by atoms with E-state index >= 15 is 0 Å². The van der Waals surface area contributed by atoms with Crippen molar-refractivity contribution in [1.82, 2.24) is 9.62 Å². The molecule has 2 rings (SSSR count). The van der Waals surface area contributed by atoms with Gasteiger partial charge in [-0.3, -0.25) is 0 Å². The topological polar surface area (TPSA) is 49.4 Å². The molecule has 1 N–H and O–H groups in total. The van der Waals surface area contributed by atoms with Gasteiger partial charge in [0, 0.05) is 19.1 Å². The lowest BCUT2D eigenvalue weighted by molar-refractivity contribution is 0.220. The Hall–Kier alpha value is -0.910. The molecule has 0 aliphatic carbocycles. The second-order valence-electron chi connectivity index (χ2n) is 6.02. The van der Waals surface area contributed by atoms with Gasteiger partial charge in [-0.15, -0.1) is 0 Å². The average Bonchev–Trinajstić information content (AvgIpc) is 2.45. The second kappa shape index (κ2) is 6.90. The van der Waals surface area contributed by atoms with Crippen LogP contribution >= 0.6 is 0 Å². The molecule has 0 radical (unpaired) electrons. The number of rotatable bonds is 5. The first kappa shape index (κ1) is 16.5. The predicted octanol–water partition coefficient (Wildman–Crippen LogP) is 2.61. The highest BCUT2D eigenvalue weighted by Crippen LogP contribution is 2.28. The molecular weight excluding hydrogens is 284 g/mol. The van der Waals surface area contributed by atoms with Gasteiger partial charge in [-0.1, -0.05) is 26.0 Å². The minimum Gasteiger partial charge on any atom is -0.313 e. The molecule has 0 spiro atoms. The Kier molecular flexibility index (Phi) is 5.41. The van der Waals surface area contributed by atoms with Gasteiger partial charge in [0.25, 0.3) is 0 Å². The summed E-state index contributed by atoms with van der Waals surface area (Å²) in [5.41, 5.74) is 1.11. The van der Waals surface area contributed by atoms with Crippen LogP contribution in [0.15, 0.2) is 29.2 Å². The van der Waals surface area contributed by atoms with Crippen molar-refractivity contribution in [2.45, 2.75) is 51.1 Å². The molecule has 5 heteroatoms. The summed E-state index contributed by atoms with van der Waals surface area (Å²) in [6, 6.07) is 7.33. The molecule has 1 heterocycles. The van der Waals surface area contributed by atoms with E-state index in [1.807, 2.05) is 19.1 Å². The van der Waals surface area contributed by atoms with Crippen LogP contribution in [0, 0.1) is 5.92 Å². The van der Waals surface area contributed by atoms with E-state index in [-0.39, 0.29) is 6.04 Å². The van der Waals surface area contributed by atoms with Gasteiger partial charge < -0.3 is 5.32 Å². The molecule has 1 saturated heterocycles. The molecule has 2 atom stereocenters. The first-order chi connectivity index (χ1) is 9.95. The first-order valence-electron chi connectivity index (χ1n) is 7.76. The molecule has 0 aromatic heterocycles. The lowest BCUT2D eigenvalue weighted by Crippen LogP contribution is -2.44. The lowest BCUT2D eigenvalue weighted by Gasteiger charge is -2.35. The molecule has 1 aromatic carbocycles. The fourth-order valence-electron chi connectivity index (χ4n) is 2.93. The Morgan fingerprint density at radius 1 is 1.24 bits per heavy atom. The minimum atomic E-state index is -3.36. The van der Waals surface area contributed by atoms with Gasteiger partial charge in [-0.25, -0.2) is 8.42 Å². The fourth-order valence-corrected chi connectivity index (χ4v) is 4.58. The summed E-state index contributed by atoms with van der Waals surface area (Å²) >= 11 is 0. The van der Waals surface area contributed by atoms with E-state index in [2.05, 4.69) is 19.2 Å². The molecule has 1 aliphatic rings. The normalized spacial score (nSPS) is 24.1. The average molecular weight is 310 g/mol. The maximum absolute atomic E-state index is 12.7. The van der Waals surface area contributed by atoms with Crippen LogP contribution in [0.2, 0.25) is 0 Å². The SMILES string of the molecule is CCNCc1ccc(S(=O)(=O)N2CCC(C)CC2C)cc1. The Bertz CT molecular complexity index is 554. The number of nitrogens with one attached hydrogen (secondary N) is 1. The molecule has 118 valence electrons. The van der Waals surface area contributed by atoms with Gasteiger partial charge in [0.15, 0.2) is 0 Å². The molecule has 2 unspecified atom stereocenters. The zero-order chi connectivity index (χ0) is 15.5. The number of nitrogens with zero attached hydrogens (tertiary/aromatic N) is 1. The van der Waals surface area contributed by atoms with Crippen molar-refractivity contribution in [3.05, 3.63) is 29.8 Å². The van der Waals surface area contributed by atoms with Crippen LogP contribution in [-0.2, 0) is 16.6 Å². The Morgan fingerprint density at radius 3 is 2.48 bits per heavy atom. The molecule has 0 amide bonds. The van der Waals surface area contributed by atoms with Crippen molar-refractivity contribution < 1.29 is 8.42 Å².